The van der Waals surface area contributed by atoms with E-state index >= 15 is 0 Å². The molecule has 0 aliphatic rings. The maximum atomic E-state index is 10.6. The maximum absolute atomic E-state index is 10.6. The summed E-state index contributed by atoms with van der Waals surface area (Å²) in [6.45, 7) is 0. The molecule has 0 bridgehead atoms. The molecule has 0 spiro atoms. The van der Waals surface area contributed by atoms with Gasteiger partial charge in [0.05, 0.1) is 7.11 Å². The number of aromatic nitrogens is 1. The van der Waals surface area contributed by atoms with Gasteiger partial charge in [0, 0.05) is 17.1 Å². The number of pyridine rings is 1. The van der Waals surface area contributed by atoms with Crippen LogP contribution in [-0.4, -0.2) is 18.4 Å². The van der Waals surface area contributed by atoms with Gasteiger partial charge in [0.25, 0.3) is 0 Å². The number of benzene rings is 1. The molecule has 1 aromatic heterocycles. The fraction of sp³-hybridized carbons (Fsp3) is 0.0909. The zero-order valence-electron chi connectivity index (χ0n) is 7.73. The van der Waals surface area contributed by atoms with Gasteiger partial charge in [0.2, 0.25) is 5.88 Å². The predicted octanol–water partition coefficient (Wildman–Crippen LogP) is 2.06. The zero-order valence-corrected chi connectivity index (χ0v) is 7.73. The number of hydrogen-bond donors (Lipinski definition) is 0. The Labute approximate surface area is 81.3 Å². The van der Waals surface area contributed by atoms with Crippen LogP contribution < -0.4 is 4.74 Å². The highest BCUT2D eigenvalue weighted by molar-refractivity contribution is 5.91. The first kappa shape index (κ1) is 8.69. The maximum Gasteiger partial charge on any atom is 0.221 e. The van der Waals surface area contributed by atoms with Crippen LogP contribution in [0.3, 0.4) is 0 Å². The van der Waals surface area contributed by atoms with Crippen molar-refractivity contribution < 1.29 is 9.53 Å². The zero-order chi connectivity index (χ0) is 9.97. The monoisotopic (exact) mass is 187 g/mol. The average Bonchev–Trinajstić information content (AvgIpc) is 2.27. The molecule has 70 valence electrons. The second-order valence-corrected chi connectivity index (χ2v) is 2.92. The van der Waals surface area contributed by atoms with Gasteiger partial charge in [0.15, 0.2) is 0 Å². The number of aldehydes is 1. The van der Waals surface area contributed by atoms with Crippen LogP contribution in [0.2, 0.25) is 0 Å². The molecule has 2 rings (SSSR count). The summed E-state index contributed by atoms with van der Waals surface area (Å²) in [7, 11) is 1.58. The van der Waals surface area contributed by atoms with Gasteiger partial charge < -0.3 is 4.74 Å². The lowest BCUT2D eigenvalue weighted by Crippen LogP contribution is -1.89. The lowest BCUT2D eigenvalue weighted by Gasteiger charge is -2.03. The van der Waals surface area contributed by atoms with E-state index in [-0.39, 0.29) is 0 Å². The van der Waals surface area contributed by atoms with Crippen LogP contribution in [0.1, 0.15) is 10.4 Å². The Morgan fingerprint density at radius 1 is 1.36 bits per heavy atom. The minimum absolute atomic E-state index is 0.583. The van der Waals surface area contributed by atoms with Crippen molar-refractivity contribution in [2.24, 2.45) is 0 Å². The van der Waals surface area contributed by atoms with Gasteiger partial charge in [-0.2, -0.15) is 0 Å². The third-order valence-corrected chi connectivity index (χ3v) is 2.08. The number of fused-ring (bicyclic) bond motifs is 1. The van der Waals surface area contributed by atoms with Crippen molar-refractivity contribution >= 4 is 17.1 Å². The fourth-order valence-corrected chi connectivity index (χ4v) is 1.40. The second kappa shape index (κ2) is 3.46. The van der Waals surface area contributed by atoms with Gasteiger partial charge in [0.1, 0.15) is 6.29 Å². The molecule has 1 aromatic carbocycles. The van der Waals surface area contributed by atoms with Crippen LogP contribution in [0, 0.1) is 0 Å². The van der Waals surface area contributed by atoms with E-state index in [1.165, 1.54) is 0 Å². The number of hydrogen-bond acceptors (Lipinski definition) is 3. The molecule has 0 radical (unpaired) electrons. The highest BCUT2D eigenvalue weighted by atomic mass is 16.5. The summed E-state index contributed by atoms with van der Waals surface area (Å²) in [5.41, 5.74) is 0.658. The molecule has 0 aliphatic carbocycles. The molecule has 1 heterocycles. The third-order valence-electron chi connectivity index (χ3n) is 2.08. The Morgan fingerprint density at radius 2 is 2.21 bits per heavy atom. The molecular formula is C11H9NO2. The Hall–Kier alpha value is -1.90. The van der Waals surface area contributed by atoms with Gasteiger partial charge in [-0.05, 0) is 23.6 Å². The number of methoxy groups -OCH3 is 1. The van der Waals surface area contributed by atoms with Crippen LogP contribution in [0.15, 0.2) is 30.5 Å². The van der Waals surface area contributed by atoms with Crippen LogP contribution in [0.4, 0.5) is 0 Å². The molecule has 0 saturated heterocycles. The molecule has 0 amide bonds. The first-order valence-corrected chi connectivity index (χ1v) is 4.23. The first-order chi connectivity index (χ1) is 6.85. The number of carbonyl (C=O) groups excluding carboxylic acids is 1. The summed E-state index contributed by atoms with van der Waals surface area (Å²) in [6.07, 6.45) is 2.49. The summed E-state index contributed by atoms with van der Waals surface area (Å²) in [6, 6.07) is 7.25. The molecule has 3 heteroatoms. The van der Waals surface area contributed by atoms with Crippen molar-refractivity contribution in [3.63, 3.8) is 0 Å². The van der Waals surface area contributed by atoms with E-state index in [0.29, 0.717) is 11.4 Å². The van der Waals surface area contributed by atoms with Crippen molar-refractivity contribution in [1.82, 2.24) is 4.98 Å². The van der Waals surface area contributed by atoms with Crippen LogP contribution in [0.25, 0.3) is 10.8 Å². The van der Waals surface area contributed by atoms with E-state index in [9.17, 15) is 4.79 Å². The van der Waals surface area contributed by atoms with E-state index in [4.69, 9.17) is 4.74 Å². The second-order valence-electron chi connectivity index (χ2n) is 2.92. The molecule has 0 fully saturated rings. The summed E-state index contributed by atoms with van der Waals surface area (Å²) in [5, 5.41) is 1.88. The minimum Gasteiger partial charge on any atom is -0.481 e. The Bertz CT molecular complexity index is 480. The van der Waals surface area contributed by atoms with Gasteiger partial charge in [-0.15, -0.1) is 0 Å². The van der Waals surface area contributed by atoms with Crippen molar-refractivity contribution in [3.8, 4) is 5.88 Å². The number of ether oxygens (including phenoxy) is 1. The van der Waals surface area contributed by atoms with Gasteiger partial charge in [-0.3, -0.25) is 4.79 Å². The predicted molar refractivity (Wildman–Crippen MR) is 53.7 cm³/mol. The molecule has 0 atom stereocenters. The molecule has 2 aromatic rings. The largest absolute Gasteiger partial charge is 0.481 e. The average molecular weight is 187 g/mol. The van der Waals surface area contributed by atoms with E-state index in [2.05, 4.69) is 4.98 Å². The van der Waals surface area contributed by atoms with Crippen molar-refractivity contribution in [2.75, 3.05) is 7.11 Å². The number of nitrogens with zero attached hydrogens (tertiary/aromatic N) is 1. The number of carbonyl (C=O) groups is 1. The Kier molecular flexibility index (Phi) is 2.14. The van der Waals surface area contributed by atoms with Gasteiger partial charge in [-0.1, -0.05) is 6.07 Å². The van der Waals surface area contributed by atoms with Crippen molar-refractivity contribution in [1.29, 1.82) is 0 Å². The summed E-state index contributed by atoms with van der Waals surface area (Å²) >= 11 is 0. The van der Waals surface area contributed by atoms with Gasteiger partial charge in [-0.25, -0.2) is 4.98 Å². The molecule has 14 heavy (non-hydrogen) atoms. The highest BCUT2D eigenvalue weighted by Gasteiger charge is 2.02. The smallest absolute Gasteiger partial charge is 0.221 e. The third kappa shape index (κ3) is 1.33. The van der Waals surface area contributed by atoms with Crippen LogP contribution in [0.5, 0.6) is 5.88 Å². The quantitative estimate of drug-likeness (QED) is 0.675. The summed E-state index contributed by atoms with van der Waals surface area (Å²) in [4.78, 5) is 14.6. The molecule has 0 unspecified atom stereocenters. The molecular weight excluding hydrogens is 178 g/mol. The van der Waals surface area contributed by atoms with E-state index in [1.807, 2.05) is 18.2 Å². The van der Waals surface area contributed by atoms with E-state index in [0.717, 1.165) is 17.1 Å². The van der Waals surface area contributed by atoms with Crippen LogP contribution in [-0.2, 0) is 0 Å². The van der Waals surface area contributed by atoms with Crippen LogP contribution >= 0.6 is 0 Å². The lowest BCUT2D eigenvalue weighted by atomic mass is 10.1. The first-order valence-electron chi connectivity index (χ1n) is 4.23. The van der Waals surface area contributed by atoms with Crippen molar-refractivity contribution in [3.05, 3.63) is 36.0 Å². The topological polar surface area (TPSA) is 39.2 Å². The Morgan fingerprint density at radius 3 is 2.93 bits per heavy atom. The lowest BCUT2D eigenvalue weighted by molar-refractivity contribution is 0.112. The van der Waals surface area contributed by atoms with E-state index in [1.54, 1.807) is 19.4 Å². The SMILES string of the molecule is COc1nccc2cc(C=O)ccc12. The van der Waals surface area contributed by atoms with Crippen molar-refractivity contribution in [2.45, 2.75) is 0 Å². The highest BCUT2D eigenvalue weighted by Crippen LogP contribution is 2.22. The molecule has 3 nitrogen and oxygen atoms in total. The van der Waals surface area contributed by atoms with Gasteiger partial charge >= 0.3 is 0 Å². The standard InChI is InChI=1S/C11H9NO2/c1-14-11-10-3-2-8(7-13)6-9(10)4-5-12-11/h2-7H,1H3. The number of rotatable bonds is 2. The molecule has 0 saturated carbocycles. The van der Waals surface area contributed by atoms with E-state index < -0.39 is 0 Å². The minimum atomic E-state index is 0.583. The Balaban J connectivity index is 2.73. The normalized spacial score (nSPS) is 10.1. The molecule has 0 N–H and O–H groups in total. The summed E-state index contributed by atoms with van der Waals surface area (Å²) < 4.78 is 5.10. The summed E-state index contributed by atoms with van der Waals surface area (Å²) in [5.74, 6) is 0.583. The fourth-order valence-electron chi connectivity index (χ4n) is 1.40. The molecule has 0 aliphatic heterocycles.